The Hall–Kier alpha value is -1.94. The number of nitrogens with two attached hydrogens (primary N) is 1. The maximum Gasteiger partial charge on any atom is 0.321 e. The second kappa shape index (κ2) is 5.59. The lowest BCUT2D eigenvalue weighted by molar-refractivity contribution is 0.437. The number of ether oxygens (including phenoxy) is 1. The van der Waals surface area contributed by atoms with Gasteiger partial charge in [-0.15, -0.1) is 0 Å². The largest absolute Gasteiger partial charge is 0.424 e. The highest BCUT2D eigenvalue weighted by molar-refractivity contribution is 5.39. The Morgan fingerprint density at radius 2 is 1.80 bits per heavy atom. The zero-order chi connectivity index (χ0) is 14.8. The zero-order valence-corrected chi connectivity index (χ0v) is 12.5. The first-order chi connectivity index (χ1) is 9.40. The van der Waals surface area contributed by atoms with Crippen LogP contribution in [0.5, 0.6) is 11.8 Å². The summed E-state index contributed by atoms with van der Waals surface area (Å²) in [6, 6.07) is 6.53. The molecule has 1 heterocycles. The van der Waals surface area contributed by atoms with Crippen LogP contribution in [0.1, 0.15) is 37.5 Å². The second-order valence-corrected chi connectivity index (χ2v) is 5.91. The fourth-order valence-electron chi connectivity index (χ4n) is 1.83. The molecule has 106 valence electrons. The van der Waals surface area contributed by atoms with Crippen molar-refractivity contribution in [1.29, 1.82) is 0 Å². The molecule has 2 rings (SSSR count). The van der Waals surface area contributed by atoms with E-state index in [9.17, 15) is 0 Å². The van der Waals surface area contributed by atoms with E-state index in [1.54, 1.807) is 12.4 Å². The Morgan fingerprint density at radius 1 is 1.15 bits per heavy atom. The summed E-state index contributed by atoms with van der Waals surface area (Å²) in [5.74, 6) is 0.776. The molecule has 0 fully saturated rings. The average Bonchev–Trinajstić information content (AvgIpc) is 2.41. The van der Waals surface area contributed by atoms with Gasteiger partial charge in [0.2, 0.25) is 0 Å². The molecule has 0 aliphatic carbocycles. The highest BCUT2D eigenvalue weighted by Gasteiger charge is 2.15. The van der Waals surface area contributed by atoms with Gasteiger partial charge in [0.1, 0.15) is 5.75 Å². The van der Waals surface area contributed by atoms with Crippen molar-refractivity contribution >= 4 is 0 Å². The molecule has 0 aliphatic heterocycles. The smallest absolute Gasteiger partial charge is 0.321 e. The number of hydrogen-bond donors (Lipinski definition) is 1. The minimum Gasteiger partial charge on any atom is -0.424 e. The van der Waals surface area contributed by atoms with E-state index >= 15 is 0 Å². The van der Waals surface area contributed by atoms with Crippen molar-refractivity contribution < 1.29 is 4.74 Å². The molecule has 1 aromatic heterocycles. The fraction of sp³-hybridized carbons (Fsp3) is 0.375. The Kier molecular flexibility index (Phi) is 4.04. The zero-order valence-electron chi connectivity index (χ0n) is 12.5. The minimum atomic E-state index is 0.128. The Labute approximate surface area is 120 Å². The van der Waals surface area contributed by atoms with Gasteiger partial charge in [-0.2, -0.15) is 0 Å². The van der Waals surface area contributed by atoms with Crippen LogP contribution in [0.25, 0.3) is 0 Å². The Morgan fingerprint density at radius 3 is 2.30 bits per heavy atom. The van der Waals surface area contributed by atoms with Crippen LogP contribution in [-0.4, -0.2) is 9.97 Å². The van der Waals surface area contributed by atoms with E-state index in [-0.39, 0.29) is 5.41 Å². The SMILES string of the molecule is Cc1cc(C(C)(C)C)ccc1Oc1ncc(CN)cn1. The maximum absolute atomic E-state index is 5.71. The monoisotopic (exact) mass is 271 g/mol. The number of aryl methyl sites for hydroxylation is 1. The second-order valence-electron chi connectivity index (χ2n) is 5.91. The molecule has 0 spiro atoms. The molecule has 4 heteroatoms. The number of benzene rings is 1. The van der Waals surface area contributed by atoms with Gasteiger partial charge >= 0.3 is 6.01 Å². The molecule has 0 bridgehead atoms. The molecule has 0 amide bonds. The average molecular weight is 271 g/mol. The van der Waals surface area contributed by atoms with Gasteiger partial charge in [0.15, 0.2) is 0 Å². The molecule has 0 saturated carbocycles. The third-order valence-corrected chi connectivity index (χ3v) is 3.16. The first-order valence-corrected chi connectivity index (χ1v) is 6.70. The van der Waals surface area contributed by atoms with Gasteiger partial charge in [0, 0.05) is 24.5 Å². The third kappa shape index (κ3) is 3.33. The number of aromatic nitrogens is 2. The van der Waals surface area contributed by atoms with Gasteiger partial charge in [0.25, 0.3) is 0 Å². The summed E-state index contributed by atoms with van der Waals surface area (Å²) in [7, 11) is 0. The summed E-state index contributed by atoms with van der Waals surface area (Å²) in [5, 5.41) is 0. The van der Waals surface area contributed by atoms with E-state index in [4.69, 9.17) is 10.5 Å². The summed E-state index contributed by atoms with van der Waals surface area (Å²) in [5.41, 5.74) is 8.88. The van der Waals surface area contributed by atoms with Crippen molar-refractivity contribution in [1.82, 2.24) is 9.97 Å². The molecule has 0 saturated heterocycles. The molecule has 20 heavy (non-hydrogen) atoms. The summed E-state index contributed by atoms with van der Waals surface area (Å²) in [4.78, 5) is 8.29. The van der Waals surface area contributed by atoms with E-state index in [0.29, 0.717) is 12.6 Å². The predicted octanol–water partition coefficient (Wildman–Crippen LogP) is 3.33. The molecule has 0 unspecified atom stereocenters. The lowest BCUT2D eigenvalue weighted by Gasteiger charge is -2.20. The van der Waals surface area contributed by atoms with E-state index in [2.05, 4.69) is 42.9 Å². The Balaban J connectivity index is 2.21. The van der Waals surface area contributed by atoms with Crippen molar-refractivity contribution in [3.63, 3.8) is 0 Å². The molecular formula is C16H21N3O. The maximum atomic E-state index is 5.71. The molecule has 0 aliphatic rings. The predicted molar refractivity (Wildman–Crippen MR) is 79.9 cm³/mol. The first-order valence-electron chi connectivity index (χ1n) is 6.70. The molecule has 0 radical (unpaired) electrons. The van der Waals surface area contributed by atoms with Gasteiger partial charge in [0.05, 0.1) is 0 Å². The number of rotatable bonds is 3. The van der Waals surface area contributed by atoms with Crippen molar-refractivity contribution in [3.8, 4) is 11.8 Å². The minimum absolute atomic E-state index is 0.128. The molecule has 0 atom stereocenters. The van der Waals surface area contributed by atoms with Gasteiger partial charge < -0.3 is 10.5 Å². The van der Waals surface area contributed by atoms with Crippen molar-refractivity contribution in [2.24, 2.45) is 5.73 Å². The quantitative estimate of drug-likeness (QED) is 0.930. The molecule has 1 aromatic carbocycles. The normalized spacial score (nSPS) is 11.4. The highest BCUT2D eigenvalue weighted by atomic mass is 16.5. The van der Waals surface area contributed by atoms with E-state index in [1.165, 1.54) is 5.56 Å². The van der Waals surface area contributed by atoms with Crippen LogP contribution in [-0.2, 0) is 12.0 Å². The van der Waals surface area contributed by atoms with Crippen molar-refractivity contribution in [3.05, 3.63) is 47.3 Å². The van der Waals surface area contributed by atoms with Crippen LogP contribution in [0, 0.1) is 6.92 Å². The molecule has 2 N–H and O–H groups in total. The Bertz CT molecular complexity index is 586. The fourth-order valence-corrected chi connectivity index (χ4v) is 1.83. The topological polar surface area (TPSA) is 61.0 Å². The van der Waals surface area contributed by atoms with Crippen LogP contribution < -0.4 is 10.5 Å². The van der Waals surface area contributed by atoms with Crippen molar-refractivity contribution in [2.75, 3.05) is 0 Å². The van der Waals surface area contributed by atoms with Gasteiger partial charge in [-0.05, 0) is 29.5 Å². The lowest BCUT2D eigenvalue weighted by Crippen LogP contribution is -2.11. The van der Waals surface area contributed by atoms with E-state index in [0.717, 1.165) is 16.9 Å². The lowest BCUT2D eigenvalue weighted by atomic mass is 9.86. The molecule has 4 nitrogen and oxygen atoms in total. The van der Waals surface area contributed by atoms with Crippen molar-refractivity contribution in [2.45, 2.75) is 39.7 Å². The van der Waals surface area contributed by atoms with Crippen LogP contribution >= 0.6 is 0 Å². The standard InChI is InChI=1S/C16H21N3O/c1-11-7-13(16(2,3)4)5-6-14(11)20-15-18-9-12(8-17)10-19-15/h5-7,9-10H,8,17H2,1-4H3. The van der Waals surface area contributed by atoms with Gasteiger partial charge in [-0.1, -0.05) is 32.9 Å². The van der Waals surface area contributed by atoms with Crippen LogP contribution in [0.4, 0.5) is 0 Å². The summed E-state index contributed by atoms with van der Waals surface area (Å²) >= 11 is 0. The molecular weight excluding hydrogens is 250 g/mol. The van der Waals surface area contributed by atoms with E-state index < -0.39 is 0 Å². The van der Waals surface area contributed by atoms with Gasteiger partial charge in [-0.25, -0.2) is 9.97 Å². The highest BCUT2D eigenvalue weighted by Crippen LogP contribution is 2.29. The third-order valence-electron chi connectivity index (χ3n) is 3.16. The molecule has 2 aromatic rings. The van der Waals surface area contributed by atoms with Crippen LogP contribution in [0.3, 0.4) is 0 Å². The van der Waals surface area contributed by atoms with Gasteiger partial charge in [-0.3, -0.25) is 0 Å². The summed E-state index contributed by atoms with van der Waals surface area (Å²) in [6.07, 6.45) is 3.36. The van der Waals surface area contributed by atoms with Crippen LogP contribution in [0.15, 0.2) is 30.6 Å². The number of hydrogen-bond acceptors (Lipinski definition) is 4. The van der Waals surface area contributed by atoms with Crippen LogP contribution in [0.2, 0.25) is 0 Å². The number of nitrogens with zero attached hydrogens (tertiary/aromatic N) is 2. The first kappa shape index (κ1) is 14.5. The summed E-state index contributed by atoms with van der Waals surface area (Å²) in [6.45, 7) is 9.03. The summed E-state index contributed by atoms with van der Waals surface area (Å²) < 4.78 is 5.71. The van der Waals surface area contributed by atoms with E-state index in [1.807, 2.05) is 13.0 Å².